The third-order valence-electron chi connectivity index (χ3n) is 3.88. The van der Waals surface area contributed by atoms with Crippen LogP contribution in [0.1, 0.15) is 15.9 Å². The van der Waals surface area contributed by atoms with Gasteiger partial charge < -0.3 is 14.8 Å². The van der Waals surface area contributed by atoms with Gasteiger partial charge in [0.05, 0.1) is 18.3 Å². The number of halogens is 1. The maximum absolute atomic E-state index is 12.5. The van der Waals surface area contributed by atoms with Crippen molar-refractivity contribution in [2.45, 2.75) is 12.5 Å². The zero-order valence-electron chi connectivity index (χ0n) is 12.5. The maximum atomic E-state index is 12.5. The van der Waals surface area contributed by atoms with Crippen LogP contribution >= 0.6 is 11.6 Å². The molecule has 0 aliphatic carbocycles. The molecule has 6 heteroatoms. The van der Waals surface area contributed by atoms with Crippen LogP contribution in [0.5, 0.6) is 0 Å². The van der Waals surface area contributed by atoms with Gasteiger partial charge in [-0.15, -0.1) is 0 Å². The van der Waals surface area contributed by atoms with E-state index in [1.165, 1.54) is 24.5 Å². The average molecular weight is 333 g/mol. The molecule has 2 heterocycles. The molecule has 5 nitrogen and oxygen atoms in total. The zero-order chi connectivity index (χ0) is 16.2. The number of hydrogen-bond acceptors (Lipinski definition) is 3. The molecule has 0 bridgehead atoms. The molecule has 3 rings (SSSR count). The van der Waals surface area contributed by atoms with Crippen molar-refractivity contribution in [3.63, 3.8) is 0 Å². The molecule has 1 saturated heterocycles. The van der Waals surface area contributed by atoms with Gasteiger partial charge in [-0.25, -0.2) is 0 Å². The third kappa shape index (κ3) is 3.81. The number of carbonyl (C=O) groups is 1. The summed E-state index contributed by atoms with van der Waals surface area (Å²) in [5.41, 5.74) is 1.52. The second kappa shape index (κ2) is 6.98. The number of aromatic nitrogens is 1. The maximum Gasteiger partial charge on any atom is 0.254 e. The molecular formula is C17H17ClN2O3. The topological polar surface area (TPSA) is 56.5 Å². The Bertz CT molecular complexity index is 690. The molecule has 0 saturated carbocycles. The average Bonchev–Trinajstić information content (AvgIpc) is 2.57. The summed E-state index contributed by atoms with van der Waals surface area (Å²) in [5, 5.41) is 11.8. The van der Waals surface area contributed by atoms with E-state index in [1.54, 1.807) is 4.90 Å². The van der Waals surface area contributed by atoms with E-state index in [2.05, 4.69) is 0 Å². The van der Waals surface area contributed by atoms with Gasteiger partial charge in [0.1, 0.15) is 0 Å². The minimum absolute atomic E-state index is 0.0826. The smallest absolute Gasteiger partial charge is 0.254 e. The van der Waals surface area contributed by atoms with Gasteiger partial charge >= 0.3 is 0 Å². The van der Waals surface area contributed by atoms with Crippen LogP contribution < -0.4 is 4.73 Å². The third-order valence-corrected chi connectivity index (χ3v) is 4.25. The fraction of sp³-hybridized carbons (Fsp3) is 0.294. The minimum atomic E-state index is -0.0851. The fourth-order valence-corrected chi connectivity index (χ4v) is 2.89. The Balaban J connectivity index is 1.67. The standard InChI is InChI=1S/C17H17ClN2O3/c18-16-4-2-1-3-14(16)11-15-12-19(9-10-23-15)17(21)13-5-7-20(22)8-6-13/h1-8,15H,9-12H2/t15-/m1/s1. The van der Waals surface area contributed by atoms with Crippen LogP contribution in [-0.4, -0.2) is 36.6 Å². The van der Waals surface area contributed by atoms with Crippen LogP contribution in [0.3, 0.4) is 0 Å². The van der Waals surface area contributed by atoms with Crippen LogP contribution in [0.25, 0.3) is 0 Å². The lowest BCUT2D eigenvalue weighted by atomic mass is 10.1. The summed E-state index contributed by atoms with van der Waals surface area (Å²) < 4.78 is 6.43. The SMILES string of the molecule is O=C(c1cc[n+]([O-])cc1)N1CCO[C@H](Cc2ccccc2Cl)C1. The minimum Gasteiger partial charge on any atom is -0.619 e. The highest BCUT2D eigenvalue weighted by atomic mass is 35.5. The fourth-order valence-electron chi connectivity index (χ4n) is 2.67. The quantitative estimate of drug-likeness (QED) is 0.638. The Hall–Kier alpha value is -2.11. The summed E-state index contributed by atoms with van der Waals surface area (Å²) >= 11 is 6.19. The molecule has 0 radical (unpaired) electrons. The van der Waals surface area contributed by atoms with Crippen molar-refractivity contribution in [2.24, 2.45) is 0 Å². The normalized spacial score (nSPS) is 18.0. The molecule has 120 valence electrons. The van der Waals surface area contributed by atoms with Gasteiger partial charge in [0.15, 0.2) is 12.4 Å². The summed E-state index contributed by atoms with van der Waals surface area (Å²) in [6, 6.07) is 10.7. The van der Waals surface area contributed by atoms with Crippen molar-refractivity contribution in [2.75, 3.05) is 19.7 Å². The van der Waals surface area contributed by atoms with Crippen LogP contribution in [0.2, 0.25) is 5.02 Å². The number of benzene rings is 1. The Labute approximate surface area is 139 Å². The van der Waals surface area contributed by atoms with Crippen LogP contribution in [-0.2, 0) is 11.2 Å². The molecule has 0 N–H and O–H groups in total. The molecule has 1 aliphatic rings. The highest BCUT2D eigenvalue weighted by molar-refractivity contribution is 6.31. The Morgan fingerprint density at radius 2 is 2.04 bits per heavy atom. The highest BCUT2D eigenvalue weighted by Gasteiger charge is 2.26. The van der Waals surface area contributed by atoms with Crippen molar-refractivity contribution in [3.05, 3.63) is 70.1 Å². The Kier molecular flexibility index (Phi) is 4.79. The lowest BCUT2D eigenvalue weighted by Gasteiger charge is -2.33. The number of rotatable bonds is 3. The molecule has 1 aromatic heterocycles. The number of ether oxygens (including phenoxy) is 1. The monoisotopic (exact) mass is 332 g/mol. The van der Waals surface area contributed by atoms with Crippen molar-refractivity contribution >= 4 is 17.5 Å². The van der Waals surface area contributed by atoms with E-state index in [0.29, 0.717) is 41.4 Å². The summed E-state index contributed by atoms with van der Waals surface area (Å²) in [6.07, 6.45) is 3.24. The van der Waals surface area contributed by atoms with Crippen molar-refractivity contribution in [1.29, 1.82) is 0 Å². The lowest BCUT2D eigenvalue weighted by Crippen LogP contribution is -2.46. The predicted octanol–water partition coefficient (Wildman–Crippen LogP) is 2.06. The number of amides is 1. The van der Waals surface area contributed by atoms with Gasteiger partial charge in [0.2, 0.25) is 0 Å². The Morgan fingerprint density at radius 3 is 2.78 bits per heavy atom. The molecule has 23 heavy (non-hydrogen) atoms. The van der Waals surface area contributed by atoms with E-state index in [9.17, 15) is 10.0 Å². The summed E-state index contributed by atoms with van der Waals surface area (Å²) in [7, 11) is 0. The van der Waals surface area contributed by atoms with E-state index in [4.69, 9.17) is 16.3 Å². The molecular weight excluding hydrogens is 316 g/mol. The molecule has 0 spiro atoms. The van der Waals surface area contributed by atoms with Gasteiger partial charge in [-0.3, -0.25) is 4.79 Å². The summed E-state index contributed by atoms with van der Waals surface area (Å²) in [4.78, 5) is 14.3. The van der Waals surface area contributed by atoms with E-state index in [1.807, 2.05) is 24.3 Å². The van der Waals surface area contributed by atoms with Gasteiger partial charge in [0, 0.05) is 36.7 Å². The first-order valence-corrected chi connectivity index (χ1v) is 7.84. The molecule has 1 amide bonds. The molecule has 1 aromatic carbocycles. The first-order valence-electron chi connectivity index (χ1n) is 7.46. The second-order valence-corrected chi connectivity index (χ2v) is 5.89. The van der Waals surface area contributed by atoms with Crippen molar-refractivity contribution in [1.82, 2.24) is 4.90 Å². The lowest BCUT2D eigenvalue weighted by molar-refractivity contribution is -0.605. The van der Waals surface area contributed by atoms with E-state index in [0.717, 1.165) is 5.56 Å². The number of pyridine rings is 1. The van der Waals surface area contributed by atoms with E-state index < -0.39 is 0 Å². The number of nitrogens with zero attached hydrogens (tertiary/aromatic N) is 2. The molecule has 1 atom stereocenters. The molecule has 1 fully saturated rings. The summed E-state index contributed by atoms with van der Waals surface area (Å²) in [5.74, 6) is -0.0851. The van der Waals surface area contributed by atoms with Crippen LogP contribution in [0.15, 0.2) is 48.8 Å². The highest BCUT2D eigenvalue weighted by Crippen LogP contribution is 2.20. The van der Waals surface area contributed by atoms with Gasteiger partial charge in [-0.2, -0.15) is 4.73 Å². The van der Waals surface area contributed by atoms with Crippen LogP contribution in [0.4, 0.5) is 0 Å². The number of hydrogen-bond donors (Lipinski definition) is 0. The first-order chi connectivity index (χ1) is 11.1. The largest absolute Gasteiger partial charge is 0.619 e. The number of carbonyl (C=O) groups excluding carboxylic acids is 1. The van der Waals surface area contributed by atoms with E-state index >= 15 is 0 Å². The second-order valence-electron chi connectivity index (χ2n) is 5.49. The molecule has 0 unspecified atom stereocenters. The van der Waals surface area contributed by atoms with Gasteiger partial charge in [-0.1, -0.05) is 29.8 Å². The van der Waals surface area contributed by atoms with Crippen molar-refractivity contribution < 1.29 is 14.3 Å². The molecule has 1 aliphatic heterocycles. The van der Waals surface area contributed by atoms with Crippen molar-refractivity contribution in [3.8, 4) is 0 Å². The van der Waals surface area contributed by atoms with Gasteiger partial charge in [0.25, 0.3) is 5.91 Å². The van der Waals surface area contributed by atoms with Crippen LogP contribution in [0, 0.1) is 5.21 Å². The predicted molar refractivity (Wildman–Crippen MR) is 86.2 cm³/mol. The zero-order valence-corrected chi connectivity index (χ0v) is 13.3. The summed E-state index contributed by atoms with van der Waals surface area (Å²) in [6.45, 7) is 1.55. The molecule has 2 aromatic rings. The first kappa shape index (κ1) is 15.8. The van der Waals surface area contributed by atoms with Gasteiger partial charge in [-0.05, 0) is 11.6 Å². The number of morpholine rings is 1. The Morgan fingerprint density at radius 1 is 1.30 bits per heavy atom. The van der Waals surface area contributed by atoms with E-state index in [-0.39, 0.29) is 12.0 Å².